The Kier molecular flexibility index (Phi) is 5.34. The molecular weight excluding hydrogens is 355 g/mol. The highest BCUT2D eigenvalue weighted by Crippen LogP contribution is 2.33. The van der Waals surface area contributed by atoms with Gasteiger partial charge in [-0.3, -0.25) is 0 Å². The largest absolute Gasteiger partial charge is 0.483 e. The van der Waals surface area contributed by atoms with Gasteiger partial charge >= 0.3 is 0 Å². The zero-order valence-electron chi connectivity index (χ0n) is 11.3. The van der Waals surface area contributed by atoms with Crippen molar-refractivity contribution < 1.29 is 9.13 Å². The van der Waals surface area contributed by atoms with E-state index in [0.717, 1.165) is 15.1 Å². The maximum Gasteiger partial charge on any atom is 0.148 e. The third-order valence-electron chi connectivity index (χ3n) is 3.06. The number of halogens is 2. The number of nitriles is 1. The average molecular weight is 369 g/mol. The lowest BCUT2D eigenvalue weighted by atomic mass is 10.1. The Morgan fingerprint density at radius 2 is 2.19 bits per heavy atom. The lowest BCUT2D eigenvalue weighted by Crippen LogP contribution is -2.30. The number of thiophene rings is 1. The van der Waals surface area contributed by atoms with Crippen LogP contribution in [0.4, 0.5) is 4.39 Å². The Morgan fingerprint density at radius 3 is 2.71 bits per heavy atom. The van der Waals surface area contributed by atoms with Gasteiger partial charge in [0, 0.05) is 17.0 Å². The van der Waals surface area contributed by atoms with E-state index in [1.807, 2.05) is 19.1 Å². The van der Waals surface area contributed by atoms with E-state index in [9.17, 15) is 4.39 Å². The van der Waals surface area contributed by atoms with Gasteiger partial charge in [0.1, 0.15) is 23.7 Å². The van der Waals surface area contributed by atoms with Crippen LogP contribution in [0.25, 0.3) is 0 Å². The number of rotatable bonds is 5. The molecule has 6 heteroatoms. The molecular formula is C15H14BrFN2OS. The number of ether oxygens (including phenoxy) is 1. The molecule has 0 radical (unpaired) electrons. The third kappa shape index (κ3) is 3.82. The standard InChI is InChI=1S/C15H14BrFN2OS/c1-2-12(19)15(13-5-6-14(16)21-13)20-10-4-3-9(8-18)11(17)7-10/h3-7,12,15H,2,19H2,1H3. The summed E-state index contributed by atoms with van der Waals surface area (Å²) in [5, 5.41) is 8.74. The van der Waals surface area contributed by atoms with E-state index in [0.29, 0.717) is 5.75 Å². The van der Waals surface area contributed by atoms with Crippen LogP contribution in [-0.2, 0) is 0 Å². The molecule has 2 unspecified atom stereocenters. The summed E-state index contributed by atoms with van der Waals surface area (Å²) in [5.41, 5.74) is 6.12. The van der Waals surface area contributed by atoms with Gasteiger partial charge in [-0.05, 0) is 46.6 Å². The summed E-state index contributed by atoms with van der Waals surface area (Å²) in [4.78, 5) is 0.973. The molecule has 2 aromatic rings. The molecule has 0 aliphatic heterocycles. The summed E-state index contributed by atoms with van der Waals surface area (Å²) in [7, 11) is 0. The summed E-state index contributed by atoms with van der Waals surface area (Å²) in [6, 6.07) is 9.66. The van der Waals surface area contributed by atoms with Crippen molar-refractivity contribution >= 4 is 27.3 Å². The molecule has 0 fully saturated rings. The van der Waals surface area contributed by atoms with Crippen LogP contribution in [0, 0.1) is 17.1 Å². The van der Waals surface area contributed by atoms with Crippen LogP contribution in [0.15, 0.2) is 34.1 Å². The SMILES string of the molecule is CCC(N)C(Oc1ccc(C#N)c(F)c1)c1ccc(Br)s1. The molecule has 0 saturated carbocycles. The van der Waals surface area contributed by atoms with Crippen LogP contribution in [0.5, 0.6) is 5.75 Å². The predicted octanol–water partition coefficient (Wildman–Crippen LogP) is 4.38. The molecule has 1 aromatic heterocycles. The number of benzene rings is 1. The molecule has 21 heavy (non-hydrogen) atoms. The molecule has 0 aliphatic carbocycles. The maximum atomic E-state index is 13.7. The normalized spacial score (nSPS) is 13.5. The number of nitrogens with zero attached hydrogens (tertiary/aromatic N) is 1. The minimum Gasteiger partial charge on any atom is -0.483 e. The molecule has 1 heterocycles. The highest BCUT2D eigenvalue weighted by molar-refractivity contribution is 9.11. The van der Waals surface area contributed by atoms with Crippen LogP contribution in [-0.4, -0.2) is 6.04 Å². The van der Waals surface area contributed by atoms with E-state index in [1.165, 1.54) is 23.5 Å². The first kappa shape index (κ1) is 16.0. The first-order valence-corrected chi connectivity index (χ1v) is 8.03. The van der Waals surface area contributed by atoms with Crippen molar-refractivity contribution in [2.45, 2.75) is 25.5 Å². The van der Waals surface area contributed by atoms with Crippen molar-refractivity contribution in [2.24, 2.45) is 5.73 Å². The summed E-state index contributed by atoms with van der Waals surface area (Å²) < 4.78 is 20.5. The second-order valence-corrected chi connectivity index (χ2v) is 7.00. The van der Waals surface area contributed by atoms with E-state index in [-0.39, 0.29) is 17.7 Å². The van der Waals surface area contributed by atoms with Gasteiger partial charge in [-0.25, -0.2) is 4.39 Å². The van der Waals surface area contributed by atoms with Crippen LogP contribution in [0.3, 0.4) is 0 Å². The second kappa shape index (κ2) is 7.03. The first-order chi connectivity index (χ1) is 10.0. The Morgan fingerprint density at radius 1 is 1.43 bits per heavy atom. The fourth-order valence-corrected chi connectivity index (χ4v) is 3.39. The van der Waals surface area contributed by atoms with Gasteiger partial charge in [-0.2, -0.15) is 5.26 Å². The highest BCUT2D eigenvalue weighted by Gasteiger charge is 2.22. The molecule has 110 valence electrons. The van der Waals surface area contributed by atoms with Crippen molar-refractivity contribution in [1.29, 1.82) is 5.26 Å². The lowest BCUT2D eigenvalue weighted by molar-refractivity contribution is 0.174. The molecule has 0 amide bonds. The third-order valence-corrected chi connectivity index (χ3v) is 4.74. The molecule has 2 atom stereocenters. The van der Waals surface area contributed by atoms with E-state index >= 15 is 0 Å². The fourth-order valence-electron chi connectivity index (χ4n) is 1.86. The molecule has 0 bridgehead atoms. The minimum atomic E-state index is -0.591. The summed E-state index contributed by atoms with van der Waals surface area (Å²) in [6.07, 6.45) is 0.387. The Bertz CT molecular complexity index is 668. The molecule has 0 spiro atoms. The molecule has 2 rings (SSSR count). The van der Waals surface area contributed by atoms with Gasteiger partial charge in [0.15, 0.2) is 0 Å². The van der Waals surface area contributed by atoms with Gasteiger partial charge < -0.3 is 10.5 Å². The average Bonchev–Trinajstić information content (AvgIpc) is 2.90. The number of nitrogens with two attached hydrogens (primary N) is 1. The monoisotopic (exact) mass is 368 g/mol. The highest BCUT2D eigenvalue weighted by atomic mass is 79.9. The predicted molar refractivity (Wildman–Crippen MR) is 84.8 cm³/mol. The topological polar surface area (TPSA) is 59.0 Å². The molecule has 2 N–H and O–H groups in total. The van der Waals surface area contributed by atoms with Crippen molar-refractivity contribution in [3.63, 3.8) is 0 Å². The van der Waals surface area contributed by atoms with Crippen molar-refractivity contribution in [3.8, 4) is 11.8 Å². The van der Waals surface area contributed by atoms with E-state index in [1.54, 1.807) is 12.1 Å². The van der Waals surface area contributed by atoms with Gasteiger partial charge in [0.25, 0.3) is 0 Å². The summed E-state index contributed by atoms with van der Waals surface area (Å²) in [5.74, 6) is -0.226. The van der Waals surface area contributed by atoms with Crippen molar-refractivity contribution in [3.05, 3.63) is 50.4 Å². The van der Waals surface area contributed by atoms with Crippen LogP contribution < -0.4 is 10.5 Å². The molecule has 0 aliphatic rings. The van der Waals surface area contributed by atoms with Crippen LogP contribution in [0.2, 0.25) is 0 Å². The van der Waals surface area contributed by atoms with Crippen LogP contribution >= 0.6 is 27.3 Å². The fraction of sp³-hybridized carbons (Fsp3) is 0.267. The molecule has 0 saturated heterocycles. The Labute approximate surface area is 135 Å². The van der Waals surface area contributed by atoms with Gasteiger partial charge in [0.05, 0.1) is 9.35 Å². The van der Waals surface area contributed by atoms with Crippen molar-refractivity contribution in [1.82, 2.24) is 0 Å². The van der Waals surface area contributed by atoms with Gasteiger partial charge in [-0.1, -0.05) is 6.92 Å². The zero-order chi connectivity index (χ0) is 15.4. The molecule has 3 nitrogen and oxygen atoms in total. The van der Waals surface area contributed by atoms with E-state index in [4.69, 9.17) is 15.7 Å². The zero-order valence-corrected chi connectivity index (χ0v) is 13.7. The first-order valence-electron chi connectivity index (χ1n) is 6.42. The van der Waals surface area contributed by atoms with E-state index in [2.05, 4.69) is 15.9 Å². The van der Waals surface area contributed by atoms with Gasteiger partial charge in [0.2, 0.25) is 0 Å². The van der Waals surface area contributed by atoms with E-state index < -0.39 is 5.82 Å². The molecule has 1 aromatic carbocycles. The Hall–Kier alpha value is -1.42. The number of hydrogen-bond donors (Lipinski definition) is 1. The number of hydrogen-bond acceptors (Lipinski definition) is 4. The maximum absolute atomic E-state index is 13.7. The second-order valence-electron chi connectivity index (χ2n) is 4.51. The lowest BCUT2D eigenvalue weighted by Gasteiger charge is -2.23. The minimum absolute atomic E-state index is 0.00226. The summed E-state index contributed by atoms with van der Waals surface area (Å²) >= 11 is 4.95. The quantitative estimate of drug-likeness (QED) is 0.851. The smallest absolute Gasteiger partial charge is 0.148 e. The van der Waals surface area contributed by atoms with Crippen LogP contribution in [0.1, 0.15) is 29.9 Å². The van der Waals surface area contributed by atoms with Crippen molar-refractivity contribution in [2.75, 3.05) is 0 Å². The Balaban J connectivity index is 2.27. The summed E-state index contributed by atoms with van der Waals surface area (Å²) in [6.45, 7) is 1.98. The van der Waals surface area contributed by atoms with Gasteiger partial charge in [-0.15, -0.1) is 11.3 Å².